The van der Waals surface area contributed by atoms with E-state index in [4.69, 9.17) is 10.8 Å². The normalized spacial score (nSPS) is 10.4. The number of methoxy groups -OCH3 is 1. The lowest BCUT2D eigenvalue weighted by atomic mass is 10.1. The van der Waals surface area contributed by atoms with Gasteiger partial charge in [-0.3, -0.25) is 14.3 Å². The molecule has 0 unspecified atom stereocenters. The Morgan fingerprint density at radius 3 is 2.65 bits per heavy atom. The third kappa shape index (κ3) is 2.30. The molecule has 0 aliphatic carbocycles. The van der Waals surface area contributed by atoms with Crippen molar-refractivity contribution >= 4 is 28.7 Å². The largest absolute Gasteiger partial charge is 0.480 e. The van der Waals surface area contributed by atoms with E-state index < -0.39 is 24.4 Å². The number of hydrogen-bond acceptors (Lipinski definition) is 5. The summed E-state index contributed by atoms with van der Waals surface area (Å²) in [5.41, 5.74) is 5.73. The highest BCUT2D eigenvalue weighted by atomic mass is 16.5. The Morgan fingerprint density at radius 1 is 1.40 bits per heavy atom. The summed E-state index contributed by atoms with van der Waals surface area (Å²) in [6.45, 7) is -0.415. The molecule has 0 aliphatic heterocycles. The average Bonchev–Trinajstić information content (AvgIpc) is 2.75. The molecule has 20 heavy (non-hydrogen) atoms. The van der Waals surface area contributed by atoms with Crippen LogP contribution in [0.1, 0.15) is 20.8 Å². The molecule has 0 spiro atoms. The predicted molar refractivity (Wildman–Crippen MR) is 67.2 cm³/mol. The maximum absolute atomic E-state index is 11.5. The topological polar surface area (TPSA) is 125 Å². The molecular weight excluding hydrogens is 266 g/mol. The summed E-state index contributed by atoms with van der Waals surface area (Å²) in [6, 6.07) is 4.34. The third-order valence-corrected chi connectivity index (χ3v) is 2.69. The molecule has 1 aromatic carbocycles. The lowest BCUT2D eigenvalue weighted by molar-refractivity contribution is -0.137. The van der Waals surface area contributed by atoms with Crippen molar-refractivity contribution in [2.24, 2.45) is 5.73 Å². The molecule has 1 aromatic heterocycles. The first kappa shape index (κ1) is 13.5. The zero-order chi connectivity index (χ0) is 14.9. The highest BCUT2D eigenvalue weighted by molar-refractivity contribution is 6.06. The van der Waals surface area contributed by atoms with Crippen molar-refractivity contribution in [1.29, 1.82) is 0 Å². The van der Waals surface area contributed by atoms with Crippen LogP contribution < -0.4 is 5.73 Å². The molecule has 2 aromatic rings. The molecule has 0 fully saturated rings. The molecule has 1 heterocycles. The zero-order valence-electron chi connectivity index (χ0n) is 10.5. The van der Waals surface area contributed by atoms with Crippen LogP contribution in [-0.4, -0.2) is 39.8 Å². The van der Waals surface area contributed by atoms with Gasteiger partial charge in [0.05, 0.1) is 18.2 Å². The van der Waals surface area contributed by atoms with Crippen LogP contribution in [0, 0.1) is 0 Å². The van der Waals surface area contributed by atoms with E-state index in [9.17, 15) is 14.4 Å². The van der Waals surface area contributed by atoms with Crippen LogP contribution in [0.5, 0.6) is 0 Å². The van der Waals surface area contributed by atoms with E-state index in [0.29, 0.717) is 10.9 Å². The van der Waals surface area contributed by atoms with Crippen LogP contribution in [0.15, 0.2) is 18.2 Å². The quantitative estimate of drug-likeness (QED) is 0.758. The number of amides is 1. The maximum atomic E-state index is 11.5. The van der Waals surface area contributed by atoms with Crippen molar-refractivity contribution in [2.45, 2.75) is 6.54 Å². The number of carboxylic acid groups (broad SMARTS) is 1. The Morgan fingerprint density at radius 2 is 2.10 bits per heavy atom. The summed E-state index contributed by atoms with van der Waals surface area (Å²) in [5, 5.41) is 13.0. The van der Waals surface area contributed by atoms with Gasteiger partial charge in [0.25, 0.3) is 5.91 Å². The number of fused-ring (bicyclic) bond motifs is 1. The number of aliphatic carboxylic acids is 1. The molecule has 0 saturated carbocycles. The summed E-state index contributed by atoms with van der Waals surface area (Å²) in [7, 11) is 1.23. The number of hydrogen-bond donors (Lipinski definition) is 2. The first-order valence-electron chi connectivity index (χ1n) is 5.54. The first-order chi connectivity index (χ1) is 9.43. The Labute approximate surface area is 112 Å². The lowest BCUT2D eigenvalue weighted by Gasteiger charge is -2.01. The number of carboxylic acids is 1. The fraction of sp³-hybridized carbons (Fsp3) is 0.167. The van der Waals surface area contributed by atoms with Gasteiger partial charge in [0.15, 0.2) is 5.69 Å². The van der Waals surface area contributed by atoms with Crippen LogP contribution in [0.25, 0.3) is 10.9 Å². The van der Waals surface area contributed by atoms with Gasteiger partial charge in [0, 0.05) is 5.39 Å². The SMILES string of the molecule is COC(=O)c1ccc2c(c1)c(C(N)=O)nn2CC(=O)O. The van der Waals surface area contributed by atoms with Crippen molar-refractivity contribution in [3.8, 4) is 0 Å². The Balaban J connectivity index is 2.66. The molecule has 0 atom stereocenters. The fourth-order valence-electron chi connectivity index (χ4n) is 1.85. The van der Waals surface area contributed by atoms with Gasteiger partial charge >= 0.3 is 11.9 Å². The second-order valence-corrected chi connectivity index (χ2v) is 3.99. The summed E-state index contributed by atoms with van der Waals surface area (Å²) in [6.07, 6.45) is 0. The lowest BCUT2D eigenvalue weighted by Crippen LogP contribution is -2.14. The van der Waals surface area contributed by atoms with E-state index in [0.717, 1.165) is 4.68 Å². The van der Waals surface area contributed by atoms with E-state index in [2.05, 4.69) is 9.84 Å². The molecule has 0 bridgehead atoms. The summed E-state index contributed by atoms with van der Waals surface area (Å²) >= 11 is 0. The molecule has 104 valence electrons. The Hall–Kier alpha value is -2.90. The van der Waals surface area contributed by atoms with Crippen molar-refractivity contribution < 1.29 is 24.2 Å². The maximum Gasteiger partial charge on any atom is 0.337 e. The number of primary amides is 1. The van der Waals surface area contributed by atoms with Gasteiger partial charge < -0.3 is 15.6 Å². The number of carbonyl (C=O) groups excluding carboxylic acids is 2. The van der Waals surface area contributed by atoms with Crippen LogP contribution in [0.4, 0.5) is 0 Å². The van der Waals surface area contributed by atoms with Gasteiger partial charge in [0.1, 0.15) is 6.54 Å². The van der Waals surface area contributed by atoms with Crippen molar-refractivity contribution in [1.82, 2.24) is 9.78 Å². The molecule has 0 saturated heterocycles. The van der Waals surface area contributed by atoms with Crippen LogP contribution in [-0.2, 0) is 16.1 Å². The van der Waals surface area contributed by atoms with E-state index in [-0.39, 0.29) is 11.3 Å². The highest BCUT2D eigenvalue weighted by Crippen LogP contribution is 2.20. The fourth-order valence-corrected chi connectivity index (χ4v) is 1.85. The molecule has 0 radical (unpaired) electrons. The molecule has 8 nitrogen and oxygen atoms in total. The number of aromatic nitrogens is 2. The molecule has 3 N–H and O–H groups in total. The minimum absolute atomic E-state index is 0.0907. The van der Waals surface area contributed by atoms with Crippen LogP contribution in [0.3, 0.4) is 0 Å². The van der Waals surface area contributed by atoms with Gasteiger partial charge in [-0.05, 0) is 18.2 Å². The Kier molecular flexibility index (Phi) is 3.38. The van der Waals surface area contributed by atoms with Gasteiger partial charge in [-0.15, -0.1) is 0 Å². The Bertz CT molecular complexity index is 719. The average molecular weight is 277 g/mol. The number of benzene rings is 1. The van der Waals surface area contributed by atoms with Gasteiger partial charge in [0.2, 0.25) is 0 Å². The minimum Gasteiger partial charge on any atom is -0.480 e. The second-order valence-electron chi connectivity index (χ2n) is 3.99. The number of ether oxygens (including phenoxy) is 1. The van der Waals surface area contributed by atoms with E-state index in [1.54, 1.807) is 0 Å². The van der Waals surface area contributed by atoms with Crippen molar-refractivity contribution in [3.63, 3.8) is 0 Å². The monoisotopic (exact) mass is 277 g/mol. The first-order valence-corrected chi connectivity index (χ1v) is 5.54. The molecule has 1 amide bonds. The number of carbonyl (C=O) groups is 3. The standard InChI is InChI=1S/C12H11N3O5/c1-20-12(19)6-2-3-8-7(4-6)10(11(13)18)14-15(8)5-9(16)17/h2-4H,5H2,1H3,(H2,13,18)(H,16,17). The molecule has 0 aliphatic rings. The number of esters is 1. The molecule has 2 rings (SSSR count). The van der Waals surface area contributed by atoms with Gasteiger partial charge in [-0.2, -0.15) is 5.10 Å². The minimum atomic E-state index is -1.11. The van der Waals surface area contributed by atoms with Gasteiger partial charge in [-0.25, -0.2) is 4.79 Å². The number of rotatable bonds is 4. The third-order valence-electron chi connectivity index (χ3n) is 2.69. The second kappa shape index (κ2) is 5.00. The number of nitrogens with two attached hydrogens (primary N) is 1. The summed E-state index contributed by atoms with van der Waals surface area (Å²) < 4.78 is 5.72. The zero-order valence-corrected chi connectivity index (χ0v) is 10.5. The molecule has 8 heteroatoms. The van der Waals surface area contributed by atoms with Crippen molar-refractivity contribution in [3.05, 3.63) is 29.5 Å². The van der Waals surface area contributed by atoms with E-state index in [1.807, 2.05) is 0 Å². The summed E-state index contributed by atoms with van der Waals surface area (Å²) in [5.74, 6) is -2.49. The number of nitrogens with zero attached hydrogens (tertiary/aromatic N) is 2. The summed E-state index contributed by atoms with van der Waals surface area (Å²) in [4.78, 5) is 33.6. The van der Waals surface area contributed by atoms with Gasteiger partial charge in [-0.1, -0.05) is 0 Å². The van der Waals surface area contributed by atoms with Crippen LogP contribution in [0.2, 0.25) is 0 Å². The highest BCUT2D eigenvalue weighted by Gasteiger charge is 2.18. The van der Waals surface area contributed by atoms with E-state index >= 15 is 0 Å². The van der Waals surface area contributed by atoms with E-state index in [1.165, 1.54) is 25.3 Å². The van der Waals surface area contributed by atoms with Crippen molar-refractivity contribution in [2.75, 3.05) is 7.11 Å². The predicted octanol–water partition coefficient (Wildman–Crippen LogP) is 0.00640. The molecular formula is C12H11N3O5. The smallest absolute Gasteiger partial charge is 0.337 e. The van der Waals surface area contributed by atoms with Crippen LogP contribution >= 0.6 is 0 Å².